The summed E-state index contributed by atoms with van der Waals surface area (Å²) in [5.74, 6) is -0.0466. The lowest BCUT2D eigenvalue weighted by molar-refractivity contribution is -0.120. The lowest BCUT2D eigenvalue weighted by atomic mass is 10.2. The lowest BCUT2D eigenvalue weighted by Crippen LogP contribution is -2.46. The van der Waals surface area contributed by atoms with Gasteiger partial charge in [-0.25, -0.2) is 8.42 Å². The Morgan fingerprint density at radius 2 is 1.61 bits per heavy atom. The summed E-state index contributed by atoms with van der Waals surface area (Å²) < 4.78 is 27.2. The highest BCUT2D eigenvalue weighted by Gasteiger charge is 2.28. The zero-order valence-electron chi connectivity index (χ0n) is 19.1. The second-order valence-corrected chi connectivity index (χ2v) is 12.1. The smallest absolute Gasteiger partial charge is 0.252 e. The van der Waals surface area contributed by atoms with Gasteiger partial charge < -0.3 is 10.2 Å². The van der Waals surface area contributed by atoms with E-state index in [4.69, 9.17) is 0 Å². The van der Waals surface area contributed by atoms with Crippen LogP contribution in [-0.4, -0.2) is 80.8 Å². The van der Waals surface area contributed by atoms with Crippen molar-refractivity contribution < 1.29 is 13.2 Å². The summed E-state index contributed by atoms with van der Waals surface area (Å²) in [6.07, 6.45) is 2.99. The van der Waals surface area contributed by atoms with Crippen molar-refractivity contribution >= 4 is 27.3 Å². The molecule has 1 aromatic heterocycles. The molecule has 4 rings (SSSR count). The summed E-state index contributed by atoms with van der Waals surface area (Å²) in [6, 6.07) is 14.0. The second kappa shape index (κ2) is 11.6. The van der Waals surface area contributed by atoms with Gasteiger partial charge in [-0.2, -0.15) is 4.31 Å². The van der Waals surface area contributed by atoms with Gasteiger partial charge in [-0.3, -0.25) is 9.69 Å². The van der Waals surface area contributed by atoms with E-state index < -0.39 is 10.0 Å². The fourth-order valence-corrected chi connectivity index (χ4v) is 7.44. The zero-order valence-corrected chi connectivity index (χ0v) is 20.7. The highest BCUT2D eigenvalue weighted by molar-refractivity contribution is 7.91. The van der Waals surface area contributed by atoms with Crippen molar-refractivity contribution in [3.05, 3.63) is 52.9 Å². The van der Waals surface area contributed by atoms with Crippen molar-refractivity contribution in [3.8, 4) is 0 Å². The Morgan fingerprint density at radius 1 is 0.909 bits per heavy atom. The number of amides is 1. The summed E-state index contributed by atoms with van der Waals surface area (Å²) in [7, 11) is -3.40. The first-order valence-electron chi connectivity index (χ1n) is 11.8. The maximum absolute atomic E-state index is 12.6. The van der Waals surface area contributed by atoms with Crippen molar-refractivity contribution in [2.75, 3.05) is 52.4 Å². The Labute approximate surface area is 201 Å². The summed E-state index contributed by atoms with van der Waals surface area (Å²) in [6.45, 7) is 8.09. The Bertz CT molecular complexity index is 996. The van der Waals surface area contributed by atoms with E-state index in [2.05, 4.69) is 45.4 Å². The molecule has 0 saturated carbocycles. The third kappa shape index (κ3) is 6.86. The molecular weight excluding hydrogens is 456 g/mol. The lowest BCUT2D eigenvalue weighted by Gasteiger charge is -2.34. The van der Waals surface area contributed by atoms with Gasteiger partial charge in [0.1, 0.15) is 4.21 Å². The van der Waals surface area contributed by atoms with E-state index in [1.807, 2.05) is 0 Å². The highest BCUT2D eigenvalue weighted by Crippen LogP contribution is 2.27. The van der Waals surface area contributed by atoms with Crippen LogP contribution in [0.15, 0.2) is 46.7 Å². The minimum Gasteiger partial charge on any atom is -0.356 e. The van der Waals surface area contributed by atoms with Gasteiger partial charge in [-0.05, 0) is 43.5 Å². The van der Waals surface area contributed by atoms with E-state index in [1.165, 1.54) is 16.9 Å². The summed E-state index contributed by atoms with van der Waals surface area (Å²) in [5.41, 5.74) is 1.36. The second-order valence-electron chi connectivity index (χ2n) is 8.82. The van der Waals surface area contributed by atoms with Crippen LogP contribution in [0.1, 0.15) is 29.7 Å². The van der Waals surface area contributed by atoms with Crippen molar-refractivity contribution in [1.82, 2.24) is 19.4 Å². The quantitative estimate of drug-likeness (QED) is 0.518. The van der Waals surface area contributed by atoms with E-state index in [9.17, 15) is 13.2 Å². The molecule has 0 unspecified atom stereocenters. The molecule has 0 aliphatic carbocycles. The van der Waals surface area contributed by atoms with E-state index in [-0.39, 0.29) is 12.3 Å². The molecule has 180 valence electrons. The molecule has 1 N–H and O–H groups in total. The van der Waals surface area contributed by atoms with Gasteiger partial charge in [-0.15, -0.1) is 11.3 Å². The van der Waals surface area contributed by atoms with Crippen molar-refractivity contribution in [2.24, 2.45) is 0 Å². The molecule has 2 fully saturated rings. The number of carbonyl (C=O) groups is 1. The van der Waals surface area contributed by atoms with Crippen LogP contribution in [0.4, 0.5) is 0 Å². The molecule has 7 nitrogen and oxygen atoms in total. The van der Waals surface area contributed by atoms with Crippen LogP contribution >= 0.6 is 11.3 Å². The standard InChI is InChI=1S/C24H34N4O3S2/c29-23(19-22-9-10-24(32-22)33(30,31)28-13-4-5-14-28)25-11-6-12-26-15-17-27(18-16-26)20-21-7-2-1-3-8-21/h1-3,7-10H,4-6,11-20H2,(H,25,29). The molecule has 33 heavy (non-hydrogen) atoms. The average Bonchev–Trinajstić information content (AvgIpc) is 3.52. The van der Waals surface area contributed by atoms with E-state index in [1.54, 1.807) is 16.4 Å². The first kappa shape index (κ1) is 24.3. The Hall–Kier alpha value is -1.78. The third-order valence-corrected chi connectivity index (χ3v) is 9.77. The number of sulfonamides is 1. The number of nitrogens with one attached hydrogen (secondary N) is 1. The normalized spacial score (nSPS) is 18.5. The number of benzene rings is 1. The van der Waals surface area contributed by atoms with Crippen LogP contribution < -0.4 is 5.32 Å². The molecule has 3 heterocycles. The number of hydrogen-bond acceptors (Lipinski definition) is 6. The highest BCUT2D eigenvalue weighted by atomic mass is 32.2. The molecule has 2 saturated heterocycles. The molecular formula is C24H34N4O3S2. The molecule has 2 aromatic rings. The average molecular weight is 491 g/mol. The number of rotatable bonds is 10. The molecule has 2 aliphatic rings. The maximum Gasteiger partial charge on any atom is 0.252 e. The molecule has 1 aromatic carbocycles. The summed E-state index contributed by atoms with van der Waals surface area (Å²) in [4.78, 5) is 18.1. The van der Waals surface area contributed by atoms with Crippen LogP contribution in [0.3, 0.4) is 0 Å². The molecule has 0 atom stereocenters. The van der Waals surface area contributed by atoms with E-state index in [0.29, 0.717) is 23.8 Å². The molecule has 0 radical (unpaired) electrons. The van der Waals surface area contributed by atoms with Gasteiger partial charge in [0.05, 0.1) is 6.42 Å². The monoisotopic (exact) mass is 490 g/mol. The van der Waals surface area contributed by atoms with Crippen LogP contribution in [0.2, 0.25) is 0 Å². The van der Waals surface area contributed by atoms with Crippen LogP contribution in [0.25, 0.3) is 0 Å². The predicted molar refractivity (Wildman–Crippen MR) is 132 cm³/mol. The van der Waals surface area contributed by atoms with Crippen LogP contribution in [-0.2, 0) is 27.8 Å². The molecule has 1 amide bonds. The predicted octanol–water partition coefficient (Wildman–Crippen LogP) is 2.40. The minimum atomic E-state index is -3.40. The molecule has 0 bridgehead atoms. The van der Waals surface area contributed by atoms with Gasteiger partial charge in [0.25, 0.3) is 10.0 Å². The Morgan fingerprint density at radius 3 is 2.33 bits per heavy atom. The first-order valence-corrected chi connectivity index (χ1v) is 14.1. The van der Waals surface area contributed by atoms with Gasteiger partial charge in [-0.1, -0.05) is 30.3 Å². The van der Waals surface area contributed by atoms with Gasteiger partial charge in [0.15, 0.2) is 0 Å². The van der Waals surface area contributed by atoms with Crippen molar-refractivity contribution in [3.63, 3.8) is 0 Å². The fourth-order valence-electron chi connectivity index (χ4n) is 4.41. The number of hydrogen-bond donors (Lipinski definition) is 1. The van der Waals surface area contributed by atoms with Crippen molar-refractivity contribution in [2.45, 2.75) is 36.4 Å². The summed E-state index contributed by atoms with van der Waals surface area (Å²) in [5, 5.41) is 2.99. The number of carbonyl (C=O) groups excluding carboxylic acids is 1. The Kier molecular flexibility index (Phi) is 8.54. The molecule has 0 spiro atoms. The fraction of sp³-hybridized carbons (Fsp3) is 0.542. The first-order chi connectivity index (χ1) is 16.0. The largest absolute Gasteiger partial charge is 0.356 e. The van der Waals surface area contributed by atoms with Gasteiger partial charge in [0, 0.05) is 57.2 Å². The van der Waals surface area contributed by atoms with Gasteiger partial charge >= 0.3 is 0 Å². The van der Waals surface area contributed by atoms with Gasteiger partial charge in [0.2, 0.25) is 5.91 Å². The SMILES string of the molecule is O=C(Cc1ccc(S(=O)(=O)N2CCCC2)s1)NCCCN1CCN(Cc2ccccc2)CC1. The number of piperazine rings is 1. The molecule has 2 aliphatic heterocycles. The summed E-state index contributed by atoms with van der Waals surface area (Å²) >= 11 is 1.21. The third-order valence-electron chi connectivity index (χ3n) is 6.32. The maximum atomic E-state index is 12.6. The van der Waals surface area contributed by atoms with Crippen LogP contribution in [0, 0.1) is 0 Å². The zero-order chi connectivity index (χ0) is 23.1. The Balaban J connectivity index is 1.11. The topological polar surface area (TPSA) is 73.0 Å². The van der Waals surface area contributed by atoms with Crippen molar-refractivity contribution in [1.29, 1.82) is 0 Å². The van der Waals surface area contributed by atoms with E-state index in [0.717, 1.165) is 63.4 Å². The molecule has 9 heteroatoms. The van der Waals surface area contributed by atoms with E-state index >= 15 is 0 Å². The number of thiophene rings is 1. The number of nitrogens with zero attached hydrogens (tertiary/aromatic N) is 3. The minimum absolute atomic E-state index is 0.0466. The van der Waals surface area contributed by atoms with Crippen LogP contribution in [0.5, 0.6) is 0 Å².